The Morgan fingerprint density at radius 3 is 2.70 bits per heavy atom. The van der Waals surface area contributed by atoms with E-state index in [2.05, 4.69) is 15.4 Å². The largest absolute Gasteiger partial charge is 0.341 e. The van der Waals surface area contributed by atoms with E-state index in [1.807, 2.05) is 24.3 Å². The summed E-state index contributed by atoms with van der Waals surface area (Å²) in [5, 5.41) is 0. The zero-order chi connectivity index (χ0) is 14.2. The fourth-order valence-electron chi connectivity index (χ4n) is 1.58. The zero-order valence-corrected chi connectivity index (χ0v) is 11.2. The maximum Gasteiger partial charge on any atom is 0.341 e. The Hall–Kier alpha value is -2.47. The molecule has 0 radical (unpaired) electrons. The van der Waals surface area contributed by atoms with Crippen LogP contribution in [0.1, 0.15) is 11.1 Å². The molecule has 2 aromatic heterocycles. The second kappa shape index (κ2) is 7.20. The van der Waals surface area contributed by atoms with Crippen molar-refractivity contribution in [2.45, 2.75) is 13.2 Å². The van der Waals surface area contributed by atoms with Crippen molar-refractivity contribution < 1.29 is 9.63 Å². The molecule has 0 aliphatic heterocycles. The summed E-state index contributed by atoms with van der Waals surface area (Å²) in [6.07, 6.45) is 6.76. The van der Waals surface area contributed by atoms with Crippen molar-refractivity contribution >= 4 is 6.03 Å². The van der Waals surface area contributed by atoms with Gasteiger partial charge in [0.2, 0.25) is 0 Å². The van der Waals surface area contributed by atoms with E-state index in [1.165, 1.54) is 4.90 Å². The predicted octanol–water partition coefficient (Wildman–Crippen LogP) is 1.75. The molecule has 2 aromatic rings. The molecule has 0 fully saturated rings. The number of nitrogens with zero attached hydrogens (tertiary/aromatic N) is 3. The summed E-state index contributed by atoms with van der Waals surface area (Å²) in [5.41, 5.74) is 4.29. The number of hydroxylamine groups is 1. The maximum atomic E-state index is 11.8. The Morgan fingerprint density at radius 1 is 1.20 bits per heavy atom. The lowest BCUT2D eigenvalue weighted by molar-refractivity contribution is 0.0381. The third kappa shape index (κ3) is 4.33. The Kier molecular flexibility index (Phi) is 5.02. The molecule has 6 nitrogen and oxygen atoms in total. The first kappa shape index (κ1) is 14.0. The number of carbonyl (C=O) groups is 1. The van der Waals surface area contributed by atoms with Crippen LogP contribution in [0.15, 0.2) is 49.1 Å². The van der Waals surface area contributed by atoms with Gasteiger partial charge in [-0.2, -0.15) is 0 Å². The van der Waals surface area contributed by atoms with Gasteiger partial charge in [0.25, 0.3) is 0 Å². The summed E-state index contributed by atoms with van der Waals surface area (Å²) in [4.78, 5) is 26.4. The molecule has 0 saturated heterocycles. The summed E-state index contributed by atoms with van der Waals surface area (Å²) in [7, 11) is 1.70. The van der Waals surface area contributed by atoms with Crippen molar-refractivity contribution in [1.82, 2.24) is 20.3 Å². The second-order valence-electron chi connectivity index (χ2n) is 4.27. The standard InChI is InChI=1S/C14H16N4O2/c1-18(10-12-4-7-15-8-5-12)14(19)17-20-11-13-3-2-6-16-9-13/h2-9H,10-11H2,1H3,(H,17,19). The van der Waals surface area contributed by atoms with E-state index in [-0.39, 0.29) is 12.6 Å². The van der Waals surface area contributed by atoms with E-state index >= 15 is 0 Å². The lowest BCUT2D eigenvalue weighted by Gasteiger charge is -2.17. The van der Waals surface area contributed by atoms with Gasteiger partial charge in [-0.1, -0.05) is 6.07 Å². The maximum absolute atomic E-state index is 11.8. The van der Waals surface area contributed by atoms with E-state index in [1.54, 1.807) is 31.8 Å². The molecular formula is C14H16N4O2. The van der Waals surface area contributed by atoms with Crippen LogP contribution in [-0.2, 0) is 18.0 Å². The highest BCUT2D eigenvalue weighted by Crippen LogP contribution is 2.01. The van der Waals surface area contributed by atoms with Gasteiger partial charge >= 0.3 is 6.03 Å². The minimum Gasteiger partial charge on any atom is -0.322 e. The molecule has 0 saturated carbocycles. The average Bonchev–Trinajstić information content (AvgIpc) is 2.49. The van der Waals surface area contributed by atoms with Crippen LogP contribution >= 0.6 is 0 Å². The molecule has 2 rings (SSSR count). The molecule has 0 aromatic carbocycles. The Balaban J connectivity index is 1.74. The third-order valence-electron chi connectivity index (χ3n) is 2.64. The van der Waals surface area contributed by atoms with Crippen molar-refractivity contribution in [2.24, 2.45) is 0 Å². The number of urea groups is 1. The quantitative estimate of drug-likeness (QED) is 0.842. The van der Waals surface area contributed by atoms with Crippen molar-refractivity contribution in [1.29, 1.82) is 0 Å². The minimum atomic E-state index is -0.300. The van der Waals surface area contributed by atoms with Crippen LogP contribution in [-0.4, -0.2) is 27.9 Å². The molecule has 2 amide bonds. The molecule has 0 aliphatic carbocycles. The molecule has 0 unspecified atom stereocenters. The molecule has 0 atom stereocenters. The molecule has 0 bridgehead atoms. The predicted molar refractivity (Wildman–Crippen MR) is 73.3 cm³/mol. The number of nitrogens with one attached hydrogen (secondary N) is 1. The minimum absolute atomic E-state index is 0.280. The van der Waals surface area contributed by atoms with Gasteiger partial charge in [-0.05, 0) is 29.3 Å². The van der Waals surface area contributed by atoms with E-state index in [4.69, 9.17) is 4.84 Å². The molecule has 104 valence electrons. The van der Waals surface area contributed by atoms with Crippen LogP contribution in [0.2, 0.25) is 0 Å². The van der Waals surface area contributed by atoms with Gasteiger partial charge in [-0.3, -0.25) is 14.8 Å². The van der Waals surface area contributed by atoms with Crippen molar-refractivity contribution in [3.63, 3.8) is 0 Å². The normalized spacial score (nSPS) is 10.1. The van der Waals surface area contributed by atoms with E-state index in [0.29, 0.717) is 6.54 Å². The number of aromatic nitrogens is 2. The fourth-order valence-corrected chi connectivity index (χ4v) is 1.58. The summed E-state index contributed by atoms with van der Waals surface area (Å²) in [5.74, 6) is 0. The average molecular weight is 272 g/mol. The molecule has 0 spiro atoms. The highest BCUT2D eigenvalue weighted by atomic mass is 16.7. The first-order valence-corrected chi connectivity index (χ1v) is 6.16. The van der Waals surface area contributed by atoms with Crippen molar-refractivity contribution in [3.8, 4) is 0 Å². The van der Waals surface area contributed by atoms with Gasteiger partial charge in [-0.15, -0.1) is 0 Å². The lowest BCUT2D eigenvalue weighted by Crippen LogP contribution is -2.36. The topological polar surface area (TPSA) is 67.4 Å². The first-order valence-electron chi connectivity index (χ1n) is 6.16. The second-order valence-corrected chi connectivity index (χ2v) is 4.27. The van der Waals surface area contributed by atoms with Crippen LogP contribution in [0.4, 0.5) is 4.79 Å². The first-order chi connectivity index (χ1) is 9.75. The van der Waals surface area contributed by atoms with Crippen LogP contribution in [0, 0.1) is 0 Å². The van der Waals surface area contributed by atoms with Crippen LogP contribution in [0.5, 0.6) is 0 Å². The van der Waals surface area contributed by atoms with Gasteiger partial charge < -0.3 is 4.90 Å². The Morgan fingerprint density at radius 2 is 2.00 bits per heavy atom. The third-order valence-corrected chi connectivity index (χ3v) is 2.64. The van der Waals surface area contributed by atoms with Gasteiger partial charge in [0.05, 0.1) is 0 Å². The zero-order valence-electron chi connectivity index (χ0n) is 11.2. The molecule has 2 heterocycles. The van der Waals surface area contributed by atoms with Gasteiger partial charge in [-0.25, -0.2) is 10.3 Å². The van der Waals surface area contributed by atoms with Crippen LogP contribution in [0.3, 0.4) is 0 Å². The van der Waals surface area contributed by atoms with Crippen LogP contribution in [0.25, 0.3) is 0 Å². The molecule has 20 heavy (non-hydrogen) atoms. The van der Waals surface area contributed by atoms with Crippen molar-refractivity contribution in [3.05, 3.63) is 60.2 Å². The Bertz CT molecular complexity index is 533. The number of hydrogen-bond acceptors (Lipinski definition) is 4. The molecule has 0 aliphatic rings. The highest BCUT2D eigenvalue weighted by Gasteiger charge is 2.08. The fraction of sp³-hybridized carbons (Fsp3) is 0.214. The van der Waals surface area contributed by atoms with Gasteiger partial charge in [0.1, 0.15) is 6.61 Å². The van der Waals surface area contributed by atoms with E-state index < -0.39 is 0 Å². The lowest BCUT2D eigenvalue weighted by atomic mass is 10.2. The molecular weight excluding hydrogens is 256 g/mol. The molecule has 1 N–H and O–H groups in total. The van der Waals surface area contributed by atoms with E-state index in [0.717, 1.165) is 11.1 Å². The summed E-state index contributed by atoms with van der Waals surface area (Å²) in [6, 6.07) is 7.11. The van der Waals surface area contributed by atoms with Crippen LogP contribution < -0.4 is 5.48 Å². The monoisotopic (exact) mass is 272 g/mol. The number of pyridine rings is 2. The summed E-state index contributed by atoms with van der Waals surface area (Å²) >= 11 is 0. The number of carbonyl (C=O) groups excluding carboxylic acids is 1. The SMILES string of the molecule is CN(Cc1ccncc1)C(=O)NOCc1cccnc1. The number of amides is 2. The number of hydrogen-bond donors (Lipinski definition) is 1. The van der Waals surface area contributed by atoms with E-state index in [9.17, 15) is 4.79 Å². The van der Waals surface area contributed by atoms with Gasteiger partial charge in [0, 0.05) is 38.4 Å². The Labute approximate surface area is 117 Å². The van der Waals surface area contributed by atoms with Crippen molar-refractivity contribution in [2.75, 3.05) is 7.05 Å². The number of rotatable bonds is 5. The van der Waals surface area contributed by atoms with Gasteiger partial charge in [0.15, 0.2) is 0 Å². The summed E-state index contributed by atoms with van der Waals surface area (Å²) < 4.78 is 0. The summed E-state index contributed by atoms with van der Waals surface area (Å²) in [6.45, 7) is 0.771. The highest BCUT2D eigenvalue weighted by molar-refractivity contribution is 5.72. The molecule has 6 heteroatoms. The smallest absolute Gasteiger partial charge is 0.322 e.